The minimum absolute atomic E-state index is 0.0664. The van der Waals surface area contributed by atoms with Gasteiger partial charge in [-0.25, -0.2) is 0 Å². The molecule has 7 nitrogen and oxygen atoms in total. The minimum Gasteiger partial charge on any atom is -0.494 e. The molecule has 0 bridgehead atoms. The molecular weight excluding hydrogens is 322 g/mol. The zero-order valence-corrected chi connectivity index (χ0v) is 15.0. The molecule has 0 aliphatic carbocycles. The molecule has 0 aliphatic rings. The van der Waals surface area contributed by atoms with Gasteiger partial charge in [-0.15, -0.1) is 0 Å². The molecule has 0 radical (unpaired) electrons. The van der Waals surface area contributed by atoms with E-state index in [1.165, 1.54) is 4.90 Å². The van der Waals surface area contributed by atoms with Crippen molar-refractivity contribution in [3.63, 3.8) is 0 Å². The van der Waals surface area contributed by atoms with Crippen LogP contribution in [0.2, 0.25) is 0 Å². The average Bonchev–Trinajstić information content (AvgIpc) is 2.99. The van der Waals surface area contributed by atoms with Crippen molar-refractivity contribution in [2.75, 3.05) is 13.7 Å². The van der Waals surface area contributed by atoms with Gasteiger partial charge in [0.05, 0.1) is 13.2 Å². The first-order valence-electron chi connectivity index (χ1n) is 8.20. The smallest absolute Gasteiger partial charge is 0.223 e. The van der Waals surface area contributed by atoms with Crippen LogP contribution in [-0.2, 0) is 11.3 Å². The molecule has 7 heteroatoms. The summed E-state index contributed by atoms with van der Waals surface area (Å²) in [6.45, 7) is 6.33. The van der Waals surface area contributed by atoms with E-state index in [1.807, 2.05) is 13.8 Å². The van der Waals surface area contributed by atoms with E-state index in [4.69, 9.17) is 9.26 Å². The summed E-state index contributed by atoms with van der Waals surface area (Å²) in [4.78, 5) is 30.0. The fraction of sp³-hybridized carbons (Fsp3) is 0.444. The normalized spacial score (nSPS) is 10.6. The average molecular weight is 345 g/mol. The summed E-state index contributed by atoms with van der Waals surface area (Å²) in [6, 6.07) is 5.32. The maximum atomic E-state index is 12.3. The van der Waals surface area contributed by atoms with Gasteiger partial charge in [0.15, 0.2) is 11.6 Å². The van der Waals surface area contributed by atoms with Crippen molar-refractivity contribution in [1.82, 2.24) is 15.0 Å². The number of carbonyl (C=O) groups excluding carboxylic acids is 2. The van der Waals surface area contributed by atoms with E-state index in [-0.39, 0.29) is 31.1 Å². The summed E-state index contributed by atoms with van der Waals surface area (Å²) >= 11 is 0. The number of carbonyl (C=O) groups is 2. The van der Waals surface area contributed by atoms with E-state index in [0.29, 0.717) is 23.9 Å². The number of ether oxygens (including phenoxy) is 1. The molecule has 2 aromatic rings. The fourth-order valence-corrected chi connectivity index (χ4v) is 2.40. The molecule has 0 aliphatic heterocycles. The van der Waals surface area contributed by atoms with Gasteiger partial charge in [0, 0.05) is 32.4 Å². The second-order valence-electron chi connectivity index (χ2n) is 5.82. The van der Waals surface area contributed by atoms with E-state index in [2.05, 4.69) is 10.1 Å². The maximum absolute atomic E-state index is 12.3. The SMILES string of the molecule is CCOc1ccc(C(=O)CCC(=O)N(C)Cc2noc(C)n2)cc1C. The Morgan fingerprint density at radius 2 is 2.00 bits per heavy atom. The van der Waals surface area contributed by atoms with Crippen molar-refractivity contribution in [2.45, 2.75) is 40.2 Å². The van der Waals surface area contributed by atoms with Crippen LogP contribution in [0.15, 0.2) is 22.7 Å². The minimum atomic E-state index is -0.140. The Kier molecular flexibility index (Phi) is 6.27. The molecule has 1 aromatic heterocycles. The molecule has 0 atom stereocenters. The topological polar surface area (TPSA) is 85.5 Å². The van der Waals surface area contributed by atoms with Gasteiger partial charge in [0.1, 0.15) is 5.75 Å². The van der Waals surface area contributed by atoms with E-state index in [9.17, 15) is 9.59 Å². The lowest BCUT2D eigenvalue weighted by molar-refractivity contribution is -0.130. The molecule has 0 fully saturated rings. The molecule has 0 saturated heterocycles. The van der Waals surface area contributed by atoms with Crippen LogP contribution in [0.3, 0.4) is 0 Å². The predicted molar refractivity (Wildman–Crippen MR) is 91.4 cm³/mol. The lowest BCUT2D eigenvalue weighted by Gasteiger charge is -2.14. The van der Waals surface area contributed by atoms with Gasteiger partial charge in [-0.1, -0.05) is 5.16 Å². The largest absolute Gasteiger partial charge is 0.494 e. The highest BCUT2D eigenvalue weighted by atomic mass is 16.5. The van der Waals surface area contributed by atoms with E-state index >= 15 is 0 Å². The van der Waals surface area contributed by atoms with Crippen molar-refractivity contribution in [1.29, 1.82) is 0 Å². The number of amides is 1. The van der Waals surface area contributed by atoms with Crippen molar-refractivity contribution in [2.24, 2.45) is 0 Å². The number of aryl methyl sites for hydroxylation is 2. The zero-order valence-electron chi connectivity index (χ0n) is 15.0. The summed E-state index contributed by atoms with van der Waals surface area (Å²) < 4.78 is 10.3. The van der Waals surface area contributed by atoms with E-state index < -0.39 is 0 Å². The van der Waals surface area contributed by atoms with Gasteiger partial charge in [-0.05, 0) is 37.6 Å². The van der Waals surface area contributed by atoms with Crippen LogP contribution in [-0.4, -0.2) is 40.4 Å². The van der Waals surface area contributed by atoms with Crippen LogP contribution in [0.4, 0.5) is 0 Å². The number of Topliss-reactive ketones (excluding diaryl/α,β-unsaturated/α-hetero) is 1. The van der Waals surface area contributed by atoms with Crippen molar-refractivity contribution in [3.8, 4) is 5.75 Å². The van der Waals surface area contributed by atoms with Gasteiger partial charge in [0.2, 0.25) is 11.8 Å². The lowest BCUT2D eigenvalue weighted by Crippen LogP contribution is -2.27. The van der Waals surface area contributed by atoms with Crippen LogP contribution in [0.1, 0.15) is 47.4 Å². The number of hydrogen-bond donors (Lipinski definition) is 0. The Morgan fingerprint density at radius 3 is 2.60 bits per heavy atom. The van der Waals surface area contributed by atoms with E-state index in [1.54, 1.807) is 32.2 Å². The van der Waals surface area contributed by atoms with Gasteiger partial charge in [0.25, 0.3) is 0 Å². The van der Waals surface area contributed by atoms with Crippen LogP contribution < -0.4 is 4.74 Å². The van der Waals surface area contributed by atoms with Gasteiger partial charge >= 0.3 is 0 Å². The third-order valence-electron chi connectivity index (χ3n) is 3.74. The Labute approximate surface area is 147 Å². The number of benzene rings is 1. The molecule has 0 spiro atoms. The number of rotatable bonds is 8. The Bertz CT molecular complexity index is 755. The number of hydrogen-bond acceptors (Lipinski definition) is 6. The molecule has 1 heterocycles. The number of aromatic nitrogens is 2. The third kappa shape index (κ3) is 5.14. The lowest BCUT2D eigenvalue weighted by atomic mass is 10.0. The Balaban J connectivity index is 1.88. The third-order valence-corrected chi connectivity index (χ3v) is 3.74. The highest BCUT2D eigenvalue weighted by Crippen LogP contribution is 2.20. The van der Waals surface area contributed by atoms with Crippen LogP contribution in [0.25, 0.3) is 0 Å². The quantitative estimate of drug-likeness (QED) is 0.684. The fourth-order valence-electron chi connectivity index (χ4n) is 2.40. The van der Waals surface area contributed by atoms with Crippen molar-refractivity contribution in [3.05, 3.63) is 41.0 Å². The molecule has 0 N–H and O–H groups in total. The summed E-state index contributed by atoms with van der Waals surface area (Å²) in [5, 5.41) is 3.76. The Morgan fingerprint density at radius 1 is 1.24 bits per heavy atom. The molecule has 0 saturated carbocycles. The van der Waals surface area contributed by atoms with Gasteiger partial charge in [-0.3, -0.25) is 9.59 Å². The van der Waals surface area contributed by atoms with Crippen molar-refractivity contribution >= 4 is 11.7 Å². The summed E-state index contributed by atoms with van der Waals surface area (Å²) in [5.74, 6) is 1.46. The zero-order chi connectivity index (χ0) is 18.4. The molecule has 2 rings (SSSR count). The number of nitrogens with zero attached hydrogens (tertiary/aromatic N) is 3. The first kappa shape index (κ1) is 18.6. The standard InChI is InChI=1S/C18H23N3O4/c1-5-24-16-8-6-14(10-12(16)2)15(22)7-9-18(23)21(4)11-17-19-13(3)25-20-17/h6,8,10H,5,7,9,11H2,1-4H3. The van der Waals surface area contributed by atoms with Crippen LogP contribution >= 0.6 is 0 Å². The second kappa shape index (κ2) is 8.41. The molecule has 25 heavy (non-hydrogen) atoms. The van der Waals surface area contributed by atoms with Gasteiger partial charge < -0.3 is 14.2 Å². The van der Waals surface area contributed by atoms with E-state index in [0.717, 1.165) is 11.3 Å². The molecule has 1 aromatic carbocycles. The molecule has 1 amide bonds. The Hall–Kier alpha value is -2.70. The van der Waals surface area contributed by atoms with Crippen LogP contribution in [0.5, 0.6) is 5.75 Å². The second-order valence-corrected chi connectivity index (χ2v) is 5.82. The maximum Gasteiger partial charge on any atom is 0.223 e. The predicted octanol–water partition coefficient (Wildman–Crippen LogP) is 2.71. The monoisotopic (exact) mass is 345 g/mol. The van der Waals surface area contributed by atoms with Crippen molar-refractivity contribution < 1.29 is 18.8 Å². The van der Waals surface area contributed by atoms with Crippen LogP contribution in [0, 0.1) is 13.8 Å². The summed E-state index contributed by atoms with van der Waals surface area (Å²) in [7, 11) is 1.65. The first-order chi connectivity index (χ1) is 11.9. The molecule has 134 valence electrons. The summed E-state index contributed by atoms with van der Waals surface area (Å²) in [6.07, 6.45) is 0.292. The molecule has 0 unspecified atom stereocenters. The first-order valence-corrected chi connectivity index (χ1v) is 8.20. The number of ketones is 1. The highest BCUT2D eigenvalue weighted by Gasteiger charge is 2.15. The van der Waals surface area contributed by atoms with Gasteiger partial charge in [-0.2, -0.15) is 4.98 Å². The highest BCUT2D eigenvalue weighted by molar-refractivity contribution is 5.98. The molecular formula is C18H23N3O4. The summed E-state index contributed by atoms with van der Waals surface area (Å²) in [5.41, 5.74) is 1.49.